The van der Waals surface area contributed by atoms with Crippen LogP contribution >= 0.6 is 0 Å². The maximum atomic E-state index is 4.52. The number of hydrogen-bond acceptors (Lipinski definition) is 3. The van der Waals surface area contributed by atoms with Crippen molar-refractivity contribution in [2.45, 2.75) is 25.8 Å². The van der Waals surface area contributed by atoms with Gasteiger partial charge in [0.1, 0.15) is 5.82 Å². The Morgan fingerprint density at radius 2 is 2.13 bits per heavy atom. The maximum Gasteiger partial charge on any atom is 0.133 e. The van der Waals surface area contributed by atoms with Gasteiger partial charge >= 0.3 is 0 Å². The number of rotatable bonds is 3. The largest absolute Gasteiger partial charge is 0.356 e. The molecule has 3 nitrogen and oxygen atoms in total. The molecule has 1 aromatic heterocycles. The summed E-state index contributed by atoms with van der Waals surface area (Å²) in [4.78, 5) is 6.91. The van der Waals surface area contributed by atoms with Crippen molar-refractivity contribution in [3.63, 3.8) is 0 Å². The Kier molecular flexibility index (Phi) is 3.21. The van der Waals surface area contributed by atoms with Gasteiger partial charge < -0.3 is 10.2 Å². The van der Waals surface area contributed by atoms with E-state index in [0.717, 1.165) is 18.9 Å². The highest BCUT2D eigenvalue weighted by Gasteiger charge is 2.18. The summed E-state index contributed by atoms with van der Waals surface area (Å²) in [7, 11) is 1.99. The van der Waals surface area contributed by atoms with E-state index in [-0.39, 0.29) is 0 Å². The van der Waals surface area contributed by atoms with Crippen molar-refractivity contribution < 1.29 is 0 Å². The molecule has 1 atom stereocenters. The van der Waals surface area contributed by atoms with Gasteiger partial charge in [0.05, 0.1) is 0 Å². The monoisotopic (exact) mass is 205 g/mol. The smallest absolute Gasteiger partial charge is 0.133 e. The quantitative estimate of drug-likeness (QED) is 0.817. The molecule has 1 aliphatic rings. The molecule has 1 aliphatic heterocycles. The first kappa shape index (κ1) is 10.4. The highest BCUT2D eigenvalue weighted by Crippen LogP contribution is 2.26. The average Bonchev–Trinajstić information content (AvgIpc) is 2.81. The minimum atomic E-state index is 0.370. The SMILES string of the molecule is CNC(C)c1cccnc1N1CCCC1. The van der Waals surface area contributed by atoms with Crippen LogP contribution in [-0.4, -0.2) is 25.1 Å². The summed E-state index contributed by atoms with van der Waals surface area (Å²) in [6, 6.07) is 4.55. The van der Waals surface area contributed by atoms with Crippen LogP contribution in [0.15, 0.2) is 18.3 Å². The Hall–Kier alpha value is -1.09. The number of nitrogens with one attached hydrogen (secondary N) is 1. The van der Waals surface area contributed by atoms with E-state index >= 15 is 0 Å². The molecular formula is C12H19N3. The van der Waals surface area contributed by atoms with Crippen molar-refractivity contribution in [2.75, 3.05) is 25.0 Å². The summed E-state index contributed by atoms with van der Waals surface area (Å²) in [5.74, 6) is 1.16. The fourth-order valence-corrected chi connectivity index (χ4v) is 2.10. The van der Waals surface area contributed by atoms with E-state index in [0.29, 0.717) is 6.04 Å². The number of nitrogens with zero attached hydrogens (tertiary/aromatic N) is 2. The van der Waals surface area contributed by atoms with E-state index in [4.69, 9.17) is 0 Å². The molecular weight excluding hydrogens is 186 g/mol. The van der Waals surface area contributed by atoms with Crippen LogP contribution in [0.4, 0.5) is 5.82 Å². The fourth-order valence-electron chi connectivity index (χ4n) is 2.10. The lowest BCUT2D eigenvalue weighted by molar-refractivity contribution is 0.646. The molecule has 0 spiro atoms. The van der Waals surface area contributed by atoms with Gasteiger partial charge in [0.15, 0.2) is 0 Å². The van der Waals surface area contributed by atoms with Crippen LogP contribution in [0.25, 0.3) is 0 Å². The molecule has 0 saturated carbocycles. The first-order valence-corrected chi connectivity index (χ1v) is 5.70. The highest BCUT2D eigenvalue weighted by molar-refractivity contribution is 5.48. The molecule has 1 unspecified atom stereocenters. The van der Waals surface area contributed by atoms with Gasteiger partial charge in [0.2, 0.25) is 0 Å². The molecule has 1 aromatic rings. The van der Waals surface area contributed by atoms with E-state index < -0.39 is 0 Å². The van der Waals surface area contributed by atoms with Gasteiger partial charge in [-0.2, -0.15) is 0 Å². The summed E-state index contributed by atoms with van der Waals surface area (Å²) in [6.07, 6.45) is 4.48. The highest BCUT2D eigenvalue weighted by atomic mass is 15.2. The van der Waals surface area contributed by atoms with Crippen molar-refractivity contribution in [2.24, 2.45) is 0 Å². The van der Waals surface area contributed by atoms with Gasteiger partial charge in [0.25, 0.3) is 0 Å². The lowest BCUT2D eigenvalue weighted by Gasteiger charge is -2.22. The third-order valence-corrected chi connectivity index (χ3v) is 3.12. The molecule has 82 valence electrons. The van der Waals surface area contributed by atoms with Gasteiger partial charge in [-0.15, -0.1) is 0 Å². The first-order valence-electron chi connectivity index (χ1n) is 5.70. The van der Waals surface area contributed by atoms with Crippen molar-refractivity contribution in [3.05, 3.63) is 23.9 Å². The van der Waals surface area contributed by atoms with E-state index in [1.165, 1.54) is 18.4 Å². The molecule has 0 aromatic carbocycles. The van der Waals surface area contributed by atoms with Crippen molar-refractivity contribution >= 4 is 5.82 Å². The average molecular weight is 205 g/mol. The summed E-state index contributed by atoms with van der Waals surface area (Å²) in [5.41, 5.74) is 1.31. The zero-order valence-electron chi connectivity index (χ0n) is 9.53. The van der Waals surface area contributed by atoms with Crippen molar-refractivity contribution in [1.82, 2.24) is 10.3 Å². The Morgan fingerprint density at radius 1 is 1.40 bits per heavy atom. The van der Waals surface area contributed by atoms with Gasteiger partial charge in [-0.1, -0.05) is 6.07 Å². The van der Waals surface area contributed by atoms with E-state index in [2.05, 4.69) is 28.2 Å². The Labute approximate surface area is 91.5 Å². The molecule has 0 bridgehead atoms. The molecule has 2 rings (SSSR count). The summed E-state index contributed by atoms with van der Waals surface area (Å²) in [6.45, 7) is 4.48. The minimum Gasteiger partial charge on any atom is -0.356 e. The maximum absolute atomic E-state index is 4.52. The zero-order valence-corrected chi connectivity index (χ0v) is 9.53. The van der Waals surface area contributed by atoms with Crippen LogP contribution in [0.1, 0.15) is 31.4 Å². The molecule has 0 aliphatic carbocycles. The summed E-state index contributed by atoms with van der Waals surface area (Å²) < 4.78 is 0. The molecule has 15 heavy (non-hydrogen) atoms. The summed E-state index contributed by atoms with van der Waals surface area (Å²) in [5, 5.41) is 3.28. The molecule has 1 saturated heterocycles. The van der Waals surface area contributed by atoms with Gasteiger partial charge in [-0.25, -0.2) is 4.98 Å². The number of hydrogen-bond donors (Lipinski definition) is 1. The van der Waals surface area contributed by atoms with Crippen LogP contribution in [0.2, 0.25) is 0 Å². The lowest BCUT2D eigenvalue weighted by atomic mass is 10.1. The van der Waals surface area contributed by atoms with E-state index in [1.807, 2.05) is 19.3 Å². The summed E-state index contributed by atoms with van der Waals surface area (Å²) >= 11 is 0. The number of pyridine rings is 1. The van der Waals surface area contributed by atoms with E-state index in [1.54, 1.807) is 0 Å². The predicted octanol–water partition coefficient (Wildman–Crippen LogP) is 1.96. The molecule has 1 fully saturated rings. The molecule has 0 radical (unpaired) electrons. The number of aromatic nitrogens is 1. The predicted molar refractivity (Wildman–Crippen MR) is 63.2 cm³/mol. The number of anilines is 1. The van der Waals surface area contributed by atoms with Crippen LogP contribution < -0.4 is 10.2 Å². The topological polar surface area (TPSA) is 28.2 Å². The third kappa shape index (κ3) is 2.12. The zero-order chi connectivity index (χ0) is 10.7. The molecule has 3 heteroatoms. The van der Waals surface area contributed by atoms with Gasteiger partial charge in [0, 0.05) is 30.9 Å². The molecule has 2 heterocycles. The third-order valence-electron chi connectivity index (χ3n) is 3.12. The van der Waals surface area contributed by atoms with Crippen LogP contribution in [0.3, 0.4) is 0 Å². The van der Waals surface area contributed by atoms with Crippen LogP contribution in [-0.2, 0) is 0 Å². The van der Waals surface area contributed by atoms with Crippen molar-refractivity contribution in [3.8, 4) is 0 Å². The van der Waals surface area contributed by atoms with Gasteiger partial charge in [-0.3, -0.25) is 0 Å². The minimum absolute atomic E-state index is 0.370. The molecule has 1 N–H and O–H groups in total. The second-order valence-corrected chi connectivity index (χ2v) is 4.12. The van der Waals surface area contributed by atoms with Crippen LogP contribution in [0.5, 0.6) is 0 Å². The Bertz CT molecular complexity index is 318. The Morgan fingerprint density at radius 3 is 2.80 bits per heavy atom. The van der Waals surface area contributed by atoms with E-state index in [9.17, 15) is 0 Å². The second-order valence-electron chi connectivity index (χ2n) is 4.12. The normalized spacial score (nSPS) is 18.1. The first-order chi connectivity index (χ1) is 7.33. The molecule has 0 amide bonds. The van der Waals surface area contributed by atoms with Crippen LogP contribution in [0, 0.1) is 0 Å². The van der Waals surface area contributed by atoms with Crippen molar-refractivity contribution in [1.29, 1.82) is 0 Å². The van der Waals surface area contributed by atoms with Gasteiger partial charge in [-0.05, 0) is 32.9 Å². The standard InChI is InChI=1S/C12H19N3/c1-10(13-2)11-6-5-7-14-12(11)15-8-3-4-9-15/h5-7,10,13H,3-4,8-9H2,1-2H3. The Balaban J connectivity index is 2.28. The second kappa shape index (κ2) is 4.62. The lowest BCUT2D eigenvalue weighted by Crippen LogP contribution is -2.23. The fraction of sp³-hybridized carbons (Fsp3) is 0.583.